The van der Waals surface area contributed by atoms with Crippen molar-refractivity contribution in [2.75, 3.05) is 5.32 Å². The summed E-state index contributed by atoms with van der Waals surface area (Å²) < 4.78 is 13.4. The SMILES string of the molecule is CCCC(CC(=O)O)Nc1cc(F)c(Cl)cc1[N+](=O)[O-]. The molecule has 0 saturated carbocycles. The van der Waals surface area contributed by atoms with E-state index in [0.717, 1.165) is 12.1 Å². The van der Waals surface area contributed by atoms with Crippen molar-refractivity contribution in [1.82, 2.24) is 0 Å². The van der Waals surface area contributed by atoms with Crippen LogP contribution in [-0.4, -0.2) is 22.0 Å². The topological polar surface area (TPSA) is 92.5 Å². The van der Waals surface area contributed by atoms with E-state index < -0.39 is 22.8 Å². The van der Waals surface area contributed by atoms with Crippen molar-refractivity contribution < 1.29 is 19.2 Å². The Morgan fingerprint density at radius 3 is 2.75 bits per heavy atom. The van der Waals surface area contributed by atoms with Crippen LogP contribution in [0, 0.1) is 15.9 Å². The van der Waals surface area contributed by atoms with Crippen LogP contribution in [0.3, 0.4) is 0 Å². The molecule has 0 bridgehead atoms. The maximum Gasteiger partial charge on any atom is 0.305 e. The number of aliphatic carboxylic acids is 1. The van der Waals surface area contributed by atoms with Gasteiger partial charge < -0.3 is 10.4 Å². The van der Waals surface area contributed by atoms with Gasteiger partial charge in [0.05, 0.1) is 16.4 Å². The zero-order chi connectivity index (χ0) is 15.3. The number of nitro benzene ring substituents is 1. The summed E-state index contributed by atoms with van der Waals surface area (Å²) in [4.78, 5) is 21.0. The zero-order valence-corrected chi connectivity index (χ0v) is 11.5. The van der Waals surface area contributed by atoms with Gasteiger partial charge in [0, 0.05) is 18.2 Å². The Kier molecular flexibility index (Phi) is 5.69. The molecule has 0 aliphatic rings. The Morgan fingerprint density at radius 2 is 2.25 bits per heavy atom. The lowest BCUT2D eigenvalue weighted by Crippen LogP contribution is -2.23. The lowest BCUT2D eigenvalue weighted by atomic mass is 10.1. The molecule has 0 heterocycles. The molecule has 0 spiro atoms. The first-order valence-electron chi connectivity index (χ1n) is 5.96. The first-order chi connectivity index (χ1) is 9.35. The molecule has 2 N–H and O–H groups in total. The highest BCUT2D eigenvalue weighted by atomic mass is 35.5. The van der Waals surface area contributed by atoms with E-state index in [-0.39, 0.29) is 22.8 Å². The summed E-state index contributed by atoms with van der Waals surface area (Å²) in [5.74, 6) is -1.83. The summed E-state index contributed by atoms with van der Waals surface area (Å²) >= 11 is 5.51. The van der Waals surface area contributed by atoms with E-state index in [9.17, 15) is 19.3 Å². The van der Waals surface area contributed by atoms with Gasteiger partial charge in [-0.05, 0) is 6.42 Å². The van der Waals surface area contributed by atoms with Gasteiger partial charge in [-0.25, -0.2) is 4.39 Å². The van der Waals surface area contributed by atoms with Crippen LogP contribution in [0.25, 0.3) is 0 Å². The van der Waals surface area contributed by atoms with Crippen molar-refractivity contribution in [2.45, 2.75) is 32.2 Å². The van der Waals surface area contributed by atoms with Gasteiger partial charge in [-0.3, -0.25) is 14.9 Å². The molecule has 0 aromatic heterocycles. The van der Waals surface area contributed by atoms with E-state index in [4.69, 9.17) is 16.7 Å². The lowest BCUT2D eigenvalue weighted by molar-refractivity contribution is -0.384. The summed E-state index contributed by atoms with van der Waals surface area (Å²) in [6.07, 6.45) is 0.970. The van der Waals surface area contributed by atoms with Gasteiger partial charge in [0.15, 0.2) is 0 Å². The predicted octanol–water partition coefficient (Wildman–Crippen LogP) is 3.44. The molecule has 20 heavy (non-hydrogen) atoms. The van der Waals surface area contributed by atoms with Crippen molar-refractivity contribution >= 4 is 28.9 Å². The molecule has 0 aliphatic carbocycles. The first-order valence-corrected chi connectivity index (χ1v) is 6.34. The Bertz CT molecular complexity index is 524. The van der Waals surface area contributed by atoms with Gasteiger partial charge in [0.1, 0.15) is 11.5 Å². The Balaban J connectivity index is 3.07. The minimum Gasteiger partial charge on any atom is -0.481 e. The maximum atomic E-state index is 13.4. The molecule has 1 aromatic rings. The number of nitro groups is 1. The summed E-state index contributed by atoms with van der Waals surface area (Å²) in [6, 6.07) is 1.30. The molecule has 110 valence electrons. The van der Waals surface area contributed by atoms with Gasteiger partial charge >= 0.3 is 5.97 Å². The molecule has 8 heteroatoms. The number of nitrogens with one attached hydrogen (secondary N) is 1. The largest absolute Gasteiger partial charge is 0.481 e. The number of hydrogen-bond donors (Lipinski definition) is 2. The number of carboxylic acid groups (broad SMARTS) is 1. The van der Waals surface area contributed by atoms with Gasteiger partial charge in [-0.1, -0.05) is 24.9 Å². The maximum absolute atomic E-state index is 13.4. The molecule has 6 nitrogen and oxygen atoms in total. The van der Waals surface area contributed by atoms with Crippen LogP contribution in [0.15, 0.2) is 12.1 Å². The van der Waals surface area contributed by atoms with Crippen LogP contribution in [0.4, 0.5) is 15.8 Å². The van der Waals surface area contributed by atoms with Gasteiger partial charge in [-0.15, -0.1) is 0 Å². The standard InChI is InChI=1S/C12H14ClFN2O4/c1-2-3-7(4-12(17)18)15-10-6-9(14)8(13)5-11(10)16(19)20/h5-7,15H,2-4H2,1H3,(H,17,18). The molecule has 0 aliphatic heterocycles. The molecule has 1 rings (SSSR count). The average Bonchev–Trinajstić information content (AvgIpc) is 2.32. The van der Waals surface area contributed by atoms with Crippen LogP contribution in [0.1, 0.15) is 26.2 Å². The Hall–Kier alpha value is -1.89. The summed E-state index contributed by atoms with van der Waals surface area (Å²) in [6.45, 7) is 1.85. The van der Waals surface area contributed by atoms with Crippen LogP contribution in [-0.2, 0) is 4.79 Å². The Morgan fingerprint density at radius 1 is 1.60 bits per heavy atom. The van der Waals surface area contributed by atoms with E-state index in [1.54, 1.807) is 0 Å². The van der Waals surface area contributed by atoms with Crippen LogP contribution in [0.2, 0.25) is 5.02 Å². The van der Waals surface area contributed by atoms with Crippen molar-refractivity contribution in [1.29, 1.82) is 0 Å². The average molecular weight is 305 g/mol. The molecule has 0 radical (unpaired) electrons. The summed E-state index contributed by atoms with van der Waals surface area (Å²) in [5, 5.41) is 22.1. The third-order valence-electron chi connectivity index (χ3n) is 2.65. The molecule has 0 saturated heterocycles. The highest BCUT2D eigenvalue weighted by molar-refractivity contribution is 6.31. The molecule has 1 unspecified atom stereocenters. The summed E-state index contributed by atoms with van der Waals surface area (Å²) in [5.41, 5.74) is -0.459. The van der Waals surface area contributed by atoms with Crippen LogP contribution < -0.4 is 5.32 Å². The van der Waals surface area contributed by atoms with E-state index in [0.29, 0.717) is 12.8 Å². The number of anilines is 1. The van der Waals surface area contributed by atoms with Crippen molar-refractivity contribution in [2.24, 2.45) is 0 Å². The second-order valence-electron chi connectivity index (χ2n) is 4.27. The quantitative estimate of drug-likeness (QED) is 0.594. The number of halogens is 2. The Labute approximate surface area is 119 Å². The number of hydrogen-bond acceptors (Lipinski definition) is 4. The van der Waals surface area contributed by atoms with E-state index in [1.807, 2.05) is 6.92 Å². The fraction of sp³-hybridized carbons (Fsp3) is 0.417. The fourth-order valence-electron chi connectivity index (χ4n) is 1.81. The highest BCUT2D eigenvalue weighted by Crippen LogP contribution is 2.31. The molecular weight excluding hydrogens is 291 g/mol. The predicted molar refractivity (Wildman–Crippen MR) is 72.6 cm³/mol. The minimum absolute atomic E-state index is 0.0726. The molecule has 0 amide bonds. The first kappa shape index (κ1) is 16.2. The number of carboxylic acids is 1. The molecular formula is C12H14ClFN2O4. The number of nitrogens with zero attached hydrogens (tertiary/aromatic N) is 1. The second kappa shape index (κ2) is 7.04. The van der Waals surface area contributed by atoms with Gasteiger partial charge in [0.25, 0.3) is 5.69 Å². The monoisotopic (exact) mass is 304 g/mol. The van der Waals surface area contributed by atoms with Crippen molar-refractivity contribution in [3.05, 3.63) is 33.1 Å². The van der Waals surface area contributed by atoms with Gasteiger partial charge in [-0.2, -0.15) is 0 Å². The van der Waals surface area contributed by atoms with E-state index in [2.05, 4.69) is 5.32 Å². The zero-order valence-electron chi connectivity index (χ0n) is 10.7. The van der Waals surface area contributed by atoms with E-state index in [1.165, 1.54) is 0 Å². The smallest absolute Gasteiger partial charge is 0.305 e. The van der Waals surface area contributed by atoms with E-state index >= 15 is 0 Å². The van der Waals surface area contributed by atoms with Crippen LogP contribution in [0.5, 0.6) is 0 Å². The molecule has 1 aromatic carbocycles. The number of benzene rings is 1. The van der Waals surface area contributed by atoms with Crippen LogP contribution >= 0.6 is 11.6 Å². The highest BCUT2D eigenvalue weighted by Gasteiger charge is 2.21. The number of rotatable bonds is 7. The number of carbonyl (C=O) groups is 1. The molecule has 0 fully saturated rings. The van der Waals surface area contributed by atoms with Crippen molar-refractivity contribution in [3.8, 4) is 0 Å². The fourth-order valence-corrected chi connectivity index (χ4v) is 1.97. The normalized spacial score (nSPS) is 11.9. The molecule has 1 atom stereocenters. The second-order valence-corrected chi connectivity index (χ2v) is 4.68. The summed E-state index contributed by atoms with van der Waals surface area (Å²) in [7, 11) is 0. The third-order valence-corrected chi connectivity index (χ3v) is 2.94. The lowest BCUT2D eigenvalue weighted by Gasteiger charge is -2.17. The third kappa shape index (κ3) is 4.34. The van der Waals surface area contributed by atoms with Gasteiger partial charge in [0.2, 0.25) is 0 Å². The van der Waals surface area contributed by atoms with Crippen molar-refractivity contribution in [3.63, 3.8) is 0 Å². The minimum atomic E-state index is -1.03.